The third-order valence-electron chi connectivity index (χ3n) is 7.10. The minimum atomic E-state index is 0.325. The number of likely N-dealkylation sites (tertiary alicyclic amines) is 1. The van der Waals surface area contributed by atoms with Crippen LogP contribution < -0.4 is 9.47 Å². The van der Waals surface area contributed by atoms with Crippen LogP contribution >= 0.6 is 0 Å². The van der Waals surface area contributed by atoms with Crippen molar-refractivity contribution in [3.8, 4) is 11.5 Å². The summed E-state index contributed by atoms with van der Waals surface area (Å²) in [6.07, 6.45) is 5.03. The lowest BCUT2D eigenvalue weighted by molar-refractivity contribution is 0.0839. The molecular formula is C26H34N2O3. The highest BCUT2D eigenvalue weighted by atomic mass is 16.7. The van der Waals surface area contributed by atoms with Crippen LogP contribution in [0, 0.1) is 5.92 Å². The zero-order valence-electron chi connectivity index (χ0n) is 18.6. The first-order valence-electron chi connectivity index (χ1n) is 11.7. The molecule has 2 aromatic carbocycles. The van der Waals surface area contributed by atoms with Gasteiger partial charge >= 0.3 is 0 Å². The van der Waals surface area contributed by atoms with Gasteiger partial charge in [-0.05, 0) is 55.3 Å². The molecule has 0 unspecified atom stereocenters. The summed E-state index contributed by atoms with van der Waals surface area (Å²) in [6.45, 7) is 6.43. The van der Waals surface area contributed by atoms with Crippen molar-refractivity contribution in [2.75, 3.05) is 46.7 Å². The van der Waals surface area contributed by atoms with E-state index < -0.39 is 0 Å². The molecule has 5 nitrogen and oxygen atoms in total. The highest BCUT2D eigenvalue weighted by molar-refractivity contribution is 5.48. The summed E-state index contributed by atoms with van der Waals surface area (Å²) < 4.78 is 16.8. The van der Waals surface area contributed by atoms with Crippen LogP contribution in [0.1, 0.15) is 29.5 Å². The third-order valence-corrected chi connectivity index (χ3v) is 7.10. The molecule has 2 heterocycles. The third kappa shape index (κ3) is 4.74. The fraction of sp³-hybridized carbons (Fsp3) is 0.538. The molecule has 0 N–H and O–H groups in total. The molecule has 0 spiro atoms. The lowest BCUT2D eigenvalue weighted by Gasteiger charge is -2.39. The summed E-state index contributed by atoms with van der Waals surface area (Å²) >= 11 is 0. The number of piperidine rings is 1. The van der Waals surface area contributed by atoms with Gasteiger partial charge in [0, 0.05) is 44.9 Å². The molecule has 5 rings (SSSR count). The monoisotopic (exact) mass is 422 g/mol. The van der Waals surface area contributed by atoms with E-state index in [0.29, 0.717) is 18.8 Å². The Bertz CT molecular complexity index is 862. The maximum Gasteiger partial charge on any atom is 0.231 e. The number of nitrogens with zero attached hydrogens (tertiary/aromatic N) is 2. The van der Waals surface area contributed by atoms with Crippen molar-refractivity contribution in [3.05, 3.63) is 59.2 Å². The van der Waals surface area contributed by atoms with E-state index in [2.05, 4.69) is 46.2 Å². The average molecular weight is 423 g/mol. The van der Waals surface area contributed by atoms with Gasteiger partial charge in [-0.1, -0.05) is 36.4 Å². The van der Waals surface area contributed by atoms with Gasteiger partial charge in [0.2, 0.25) is 6.79 Å². The second kappa shape index (κ2) is 9.60. The van der Waals surface area contributed by atoms with Crippen molar-refractivity contribution in [3.63, 3.8) is 0 Å². The predicted octanol–water partition coefficient (Wildman–Crippen LogP) is 3.74. The number of benzene rings is 2. The standard InChI is InChI=1S/C26H34N2O3/c1-29-13-12-27(18-23-9-4-10-25-26(23)31-19-30-25)16-20-6-5-11-28(17-20)24-14-21-7-2-3-8-22(21)15-24/h2-4,7-10,20,24H,5-6,11-19H2,1H3/t20-/m1/s1. The number of fused-ring (bicyclic) bond motifs is 2. The molecule has 1 aliphatic carbocycles. The summed E-state index contributed by atoms with van der Waals surface area (Å²) in [5, 5.41) is 0. The molecule has 0 aromatic heterocycles. The Labute approximate surface area is 185 Å². The highest BCUT2D eigenvalue weighted by Crippen LogP contribution is 2.36. The lowest BCUT2D eigenvalue weighted by atomic mass is 9.95. The first-order chi connectivity index (χ1) is 15.3. The topological polar surface area (TPSA) is 34.2 Å². The number of hydrogen-bond acceptors (Lipinski definition) is 5. The van der Waals surface area contributed by atoms with Gasteiger partial charge in [0.1, 0.15) is 0 Å². The first-order valence-corrected chi connectivity index (χ1v) is 11.7. The highest BCUT2D eigenvalue weighted by Gasteiger charge is 2.31. The van der Waals surface area contributed by atoms with Crippen molar-refractivity contribution in [1.82, 2.24) is 9.80 Å². The fourth-order valence-electron chi connectivity index (χ4n) is 5.55. The van der Waals surface area contributed by atoms with Crippen LogP contribution in [0.4, 0.5) is 0 Å². The second-order valence-electron chi connectivity index (χ2n) is 9.21. The van der Waals surface area contributed by atoms with Gasteiger partial charge in [-0.3, -0.25) is 9.80 Å². The smallest absolute Gasteiger partial charge is 0.231 e. The molecule has 0 radical (unpaired) electrons. The maximum absolute atomic E-state index is 5.75. The molecule has 0 saturated carbocycles. The van der Waals surface area contributed by atoms with E-state index in [0.717, 1.165) is 37.7 Å². The fourth-order valence-corrected chi connectivity index (χ4v) is 5.55. The molecule has 1 saturated heterocycles. The van der Waals surface area contributed by atoms with Crippen LogP contribution in [0.3, 0.4) is 0 Å². The minimum Gasteiger partial charge on any atom is -0.454 e. The summed E-state index contributed by atoms with van der Waals surface area (Å²) in [7, 11) is 1.79. The van der Waals surface area contributed by atoms with Gasteiger partial charge in [0.15, 0.2) is 11.5 Å². The van der Waals surface area contributed by atoms with E-state index in [9.17, 15) is 0 Å². The molecule has 3 aliphatic rings. The van der Waals surface area contributed by atoms with Gasteiger partial charge in [0.05, 0.1) is 6.61 Å². The van der Waals surface area contributed by atoms with E-state index in [1.54, 1.807) is 18.2 Å². The summed E-state index contributed by atoms with van der Waals surface area (Å²) in [5.41, 5.74) is 4.32. The molecule has 0 bridgehead atoms. The van der Waals surface area contributed by atoms with Crippen molar-refractivity contribution in [2.45, 2.75) is 38.3 Å². The summed E-state index contributed by atoms with van der Waals surface area (Å²) in [4.78, 5) is 5.30. The molecule has 0 amide bonds. The van der Waals surface area contributed by atoms with Crippen molar-refractivity contribution in [2.24, 2.45) is 5.92 Å². The van der Waals surface area contributed by atoms with E-state index in [-0.39, 0.29) is 0 Å². The van der Waals surface area contributed by atoms with Crippen LogP contribution in [0.5, 0.6) is 11.5 Å². The number of para-hydroxylation sites is 1. The van der Waals surface area contributed by atoms with Crippen LogP contribution in [-0.2, 0) is 24.1 Å². The normalized spacial score (nSPS) is 21.0. The van der Waals surface area contributed by atoms with Gasteiger partial charge in [-0.2, -0.15) is 0 Å². The zero-order chi connectivity index (χ0) is 21.0. The summed E-state index contributed by atoms with van der Waals surface area (Å²) in [5.74, 6) is 2.48. The number of hydrogen-bond donors (Lipinski definition) is 0. The van der Waals surface area contributed by atoms with Gasteiger partial charge in [0.25, 0.3) is 0 Å². The molecular weight excluding hydrogens is 388 g/mol. The Hall–Kier alpha value is -2.08. The Balaban J connectivity index is 1.22. The Morgan fingerprint density at radius 1 is 1.06 bits per heavy atom. The molecule has 166 valence electrons. The van der Waals surface area contributed by atoms with Gasteiger partial charge < -0.3 is 14.2 Å². The Kier molecular flexibility index (Phi) is 6.44. The van der Waals surface area contributed by atoms with E-state index in [4.69, 9.17) is 14.2 Å². The van der Waals surface area contributed by atoms with Crippen molar-refractivity contribution in [1.29, 1.82) is 0 Å². The molecule has 1 atom stereocenters. The summed E-state index contributed by atoms with van der Waals surface area (Å²) in [6, 6.07) is 15.9. The van der Waals surface area contributed by atoms with E-state index in [1.807, 2.05) is 6.07 Å². The van der Waals surface area contributed by atoms with E-state index in [1.165, 1.54) is 44.3 Å². The number of rotatable bonds is 8. The minimum absolute atomic E-state index is 0.325. The molecule has 31 heavy (non-hydrogen) atoms. The number of ether oxygens (including phenoxy) is 3. The first kappa shape index (κ1) is 20.8. The second-order valence-corrected chi connectivity index (χ2v) is 9.21. The van der Waals surface area contributed by atoms with Gasteiger partial charge in [-0.15, -0.1) is 0 Å². The molecule has 1 fully saturated rings. The van der Waals surface area contributed by atoms with Crippen LogP contribution in [-0.4, -0.2) is 62.5 Å². The van der Waals surface area contributed by atoms with Gasteiger partial charge in [-0.25, -0.2) is 0 Å². The Morgan fingerprint density at radius 2 is 1.90 bits per heavy atom. The zero-order valence-corrected chi connectivity index (χ0v) is 18.6. The molecule has 2 aromatic rings. The molecule has 2 aliphatic heterocycles. The SMILES string of the molecule is COCCN(Cc1cccc2c1OCO2)C[C@H]1CCCN(C2Cc3ccccc3C2)C1. The quantitative estimate of drug-likeness (QED) is 0.647. The van der Waals surface area contributed by atoms with Crippen LogP contribution in [0.25, 0.3) is 0 Å². The molecule has 5 heteroatoms. The number of methoxy groups -OCH3 is 1. The maximum atomic E-state index is 5.75. The average Bonchev–Trinajstić information content (AvgIpc) is 3.45. The van der Waals surface area contributed by atoms with E-state index >= 15 is 0 Å². The predicted molar refractivity (Wildman–Crippen MR) is 122 cm³/mol. The van der Waals surface area contributed by atoms with Crippen LogP contribution in [0.15, 0.2) is 42.5 Å². The Morgan fingerprint density at radius 3 is 2.71 bits per heavy atom. The lowest BCUT2D eigenvalue weighted by Crippen LogP contribution is -2.46. The van der Waals surface area contributed by atoms with Crippen molar-refractivity contribution >= 4 is 0 Å². The van der Waals surface area contributed by atoms with Crippen molar-refractivity contribution < 1.29 is 14.2 Å². The largest absolute Gasteiger partial charge is 0.454 e. The van der Waals surface area contributed by atoms with Crippen LogP contribution in [0.2, 0.25) is 0 Å².